The lowest BCUT2D eigenvalue weighted by molar-refractivity contribution is -0.141. The van der Waals surface area contributed by atoms with Gasteiger partial charge in [0.15, 0.2) is 10.3 Å². The number of hydrogen-bond acceptors (Lipinski definition) is 4. The number of benzene rings is 1. The van der Waals surface area contributed by atoms with Crippen molar-refractivity contribution in [3.8, 4) is 5.69 Å². The zero-order valence-electron chi connectivity index (χ0n) is 11.0. The van der Waals surface area contributed by atoms with E-state index in [2.05, 4.69) is 4.98 Å². The van der Waals surface area contributed by atoms with E-state index in [1.54, 1.807) is 0 Å². The van der Waals surface area contributed by atoms with Crippen molar-refractivity contribution in [1.29, 1.82) is 0 Å². The molecule has 0 atom stereocenters. The van der Waals surface area contributed by atoms with Crippen LogP contribution in [0.15, 0.2) is 21.7 Å². The first-order valence-electron chi connectivity index (χ1n) is 5.97. The smallest absolute Gasteiger partial charge is 0.303 e. The second-order valence-electron chi connectivity index (χ2n) is 4.49. The largest absolute Gasteiger partial charge is 0.431 e. The summed E-state index contributed by atoms with van der Waals surface area (Å²) < 4.78 is 52.3. The molecule has 0 unspecified atom stereocenters. The fraction of sp³-hybridized carbons (Fsp3) is 0.0833. The SMILES string of the molecule is O=c1cc(C(F)(F)F)[nH]c(=O)n1-c1c(F)cc(Cl)c2nc(Cl)sc12. The first-order chi connectivity index (χ1) is 11.1. The summed E-state index contributed by atoms with van der Waals surface area (Å²) in [5.41, 5.74) is -4.91. The molecule has 126 valence electrons. The molecule has 12 heteroatoms. The van der Waals surface area contributed by atoms with Crippen molar-refractivity contribution in [2.75, 3.05) is 0 Å². The van der Waals surface area contributed by atoms with Crippen molar-refractivity contribution in [2.45, 2.75) is 6.18 Å². The van der Waals surface area contributed by atoms with Crippen molar-refractivity contribution in [2.24, 2.45) is 0 Å². The molecule has 0 spiro atoms. The van der Waals surface area contributed by atoms with Crippen LogP contribution >= 0.6 is 34.5 Å². The van der Waals surface area contributed by atoms with E-state index >= 15 is 0 Å². The summed E-state index contributed by atoms with van der Waals surface area (Å²) in [5, 5.41) is -0.120. The third-order valence-electron chi connectivity index (χ3n) is 2.98. The second kappa shape index (κ2) is 5.57. The zero-order valence-corrected chi connectivity index (χ0v) is 13.4. The number of aromatic amines is 1. The quantitative estimate of drug-likeness (QED) is 0.635. The molecule has 2 heterocycles. The van der Waals surface area contributed by atoms with Crippen molar-refractivity contribution >= 4 is 44.8 Å². The predicted octanol–water partition coefficient (Wildman–Crippen LogP) is 3.60. The highest BCUT2D eigenvalue weighted by Crippen LogP contribution is 2.36. The van der Waals surface area contributed by atoms with E-state index in [1.165, 1.54) is 4.98 Å². The van der Waals surface area contributed by atoms with Crippen LogP contribution in [0.3, 0.4) is 0 Å². The van der Waals surface area contributed by atoms with Gasteiger partial charge in [-0.15, -0.1) is 11.3 Å². The average molecular weight is 400 g/mol. The molecule has 0 radical (unpaired) electrons. The van der Waals surface area contributed by atoms with Crippen LogP contribution in [0.25, 0.3) is 15.9 Å². The lowest BCUT2D eigenvalue weighted by Crippen LogP contribution is -2.36. The standard InChI is InChI=1S/C12H3Cl2F4N3O2S/c13-3-1-4(15)8(9-7(3)20-10(14)24-9)21-6(22)2-5(12(16,17)18)19-11(21)23/h1-2H,(H,19,23). The molecule has 1 aromatic carbocycles. The summed E-state index contributed by atoms with van der Waals surface area (Å²) in [7, 11) is 0. The fourth-order valence-corrected chi connectivity index (χ4v) is 3.49. The maximum absolute atomic E-state index is 14.3. The lowest BCUT2D eigenvalue weighted by atomic mass is 10.2. The second-order valence-corrected chi connectivity index (χ2v) is 6.48. The Morgan fingerprint density at radius 3 is 2.46 bits per heavy atom. The van der Waals surface area contributed by atoms with Crippen LogP contribution < -0.4 is 11.2 Å². The van der Waals surface area contributed by atoms with E-state index in [4.69, 9.17) is 23.2 Å². The maximum Gasteiger partial charge on any atom is 0.431 e. The number of fused-ring (bicyclic) bond motifs is 1. The molecular weight excluding hydrogens is 397 g/mol. The monoisotopic (exact) mass is 399 g/mol. The minimum Gasteiger partial charge on any atom is -0.303 e. The molecule has 0 saturated heterocycles. The van der Waals surface area contributed by atoms with Gasteiger partial charge in [0.1, 0.15) is 16.9 Å². The number of thiazole rings is 1. The van der Waals surface area contributed by atoms with Gasteiger partial charge in [-0.1, -0.05) is 23.2 Å². The van der Waals surface area contributed by atoms with Crippen LogP contribution in [0.4, 0.5) is 17.6 Å². The average Bonchev–Trinajstić information content (AvgIpc) is 2.82. The molecule has 0 aliphatic carbocycles. The van der Waals surface area contributed by atoms with Crippen LogP contribution in [-0.2, 0) is 6.18 Å². The van der Waals surface area contributed by atoms with E-state index in [1.807, 2.05) is 0 Å². The van der Waals surface area contributed by atoms with Gasteiger partial charge >= 0.3 is 11.9 Å². The minimum atomic E-state index is -4.93. The molecule has 24 heavy (non-hydrogen) atoms. The summed E-state index contributed by atoms with van der Waals surface area (Å²) in [4.78, 5) is 29.3. The van der Waals surface area contributed by atoms with Crippen LogP contribution in [-0.4, -0.2) is 14.5 Å². The molecule has 0 saturated carbocycles. The van der Waals surface area contributed by atoms with E-state index in [0.29, 0.717) is 0 Å². The number of nitrogens with one attached hydrogen (secondary N) is 1. The summed E-state index contributed by atoms with van der Waals surface area (Å²) >= 11 is 12.3. The van der Waals surface area contributed by atoms with Crippen molar-refractivity contribution in [3.63, 3.8) is 0 Å². The van der Waals surface area contributed by atoms with Gasteiger partial charge in [0, 0.05) is 6.07 Å². The van der Waals surface area contributed by atoms with Gasteiger partial charge in [-0.2, -0.15) is 13.2 Å². The Labute approximate surface area is 143 Å². The molecule has 3 aromatic rings. The molecule has 0 amide bonds. The fourth-order valence-electron chi connectivity index (χ4n) is 2.04. The Hall–Kier alpha value is -1.91. The maximum atomic E-state index is 14.3. The number of H-pyrrole nitrogens is 1. The van der Waals surface area contributed by atoms with Crippen molar-refractivity contribution < 1.29 is 17.6 Å². The molecule has 0 aliphatic heterocycles. The third kappa shape index (κ3) is 2.70. The summed E-state index contributed by atoms with van der Waals surface area (Å²) in [5.74, 6) is -1.08. The highest BCUT2D eigenvalue weighted by atomic mass is 35.5. The van der Waals surface area contributed by atoms with Gasteiger partial charge in [-0.05, 0) is 6.07 Å². The molecule has 0 fully saturated rings. The third-order valence-corrected chi connectivity index (χ3v) is 4.44. The molecule has 3 rings (SSSR count). The van der Waals surface area contributed by atoms with E-state index in [9.17, 15) is 27.2 Å². The number of rotatable bonds is 1. The van der Waals surface area contributed by atoms with Crippen LogP contribution in [0.2, 0.25) is 9.49 Å². The van der Waals surface area contributed by atoms with Gasteiger partial charge in [0.2, 0.25) is 0 Å². The minimum absolute atomic E-state index is 0.0225. The lowest BCUT2D eigenvalue weighted by Gasteiger charge is -2.10. The molecule has 0 aliphatic rings. The van der Waals surface area contributed by atoms with Gasteiger partial charge in [0.05, 0.1) is 9.72 Å². The number of aromatic nitrogens is 3. The molecule has 1 N–H and O–H groups in total. The van der Waals surface area contributed by atoms with Gasteiger partial charge in [-0.3, -0.25) is 4.79 Å². The Morgan fingerprint density at radius 1 is 1.21 bits per heavy atom. The summed E-state index contributed by atoms with van der Waals surface area (Å²) in [6, 6.07) is 0.947. The Morgan fingerprint density at radius 2 is 1.88 bits per heavy atom. The predicted molar refractivity (Wildman–Crippen MR) is 80.8 cm³/mol. The normalized spacial score (nSPS) is 12.1. The highest BCUT2D eigenvalue weighted by molar-refractivity contribution is 7.22. The molecule has 0 bridgehead atoms. The number of nitrogens with zero attached hydrogens (tertiary/aromatic N) is 2. The number of alkyl halides is 3. The molecular formula is C12H3Cl2F4N3O2S. The van der Waals surface area contributed by atoms with Gasteiger partial charge < -0.3 is 4.98 Å². The Bertz CT molecular complexity index is 1060. The number of hydrogen-bond donors (Lipinski definition) is 1. The van der Waals surface area contributed by atoms with E-state index in [0.717, 1.165) is 17.4 Å². The van der Waals surface area contributed by atoms with E-state index < -0.39 is 34.6 Å². The van der Waals surface area contributed by atoms with Crippen molar-refractivity contribution in [3.05, 3.63) is 54.0 Å². The summed E-state index contributed by atoms with van der Waals surface area (Å²) in [6.45, 7) is 0. The number of halogens is 6. The van der Waals surface area contributed by atoms with Crippen LogP contribution in [0.5, 0.6) is 0 Å². The zero-order chi connectivity index (χ0) is 17.8. The van der Waals surface area contributed by atoms with Crippen LogP contribution in [0, 0.1) is 5.82 Å². The van der Waals surface area contributed by atoms with Gasteiger partial charge in [0.25, 0.3) is 5.56 Å². The van der Waals surface area contributed by atoms with Crippen LogP contribution in [0.1, 0.15) is 5.69 Å². The first kappa shape index (κ1) is 16.9. The Balaban J connectivity index is 2.42. The van der Waals surface area contributed by atoms with E-state index in [-0.39, 0.29) is 30.3 Å². The Kier molecular flexibility index (Phi) is 3.93. The summed E-state index contributed by atoms with van der Waals surface area (Å²) in [6.07, 6.45) is -4.93. The van der Waals surface area contributed by atoms with Crippen molar-refractivity contribution in [1.82, 2.24) is 14.5 Å². The highest BCUT2D eigenvalue weighted by Gasteiger charge is 2.33. The first-order valence-corrected chi connectivity index (χ1v) is 7.55. The topological polar surface area (TPSA) is 67.8 Å². The van der Waals surface area contributed by atoms with Gasteiger partial charge in [-0.25, -0.2) is 18.7 Å². The molecule has 2 aromatic heterocycles. The molecule has 5 nitrogen and oxygen atoms in total.